The summed E-state index contributed by atoms with van der Waals surface area (Å²) in [6.45, 7) is 5.45. The maximum Gasteiger partial charge on any atom is 0.408 e. The molecular weight excluding hydrogens is 304 g/mol. The number of ether oxygens (including phenoxy) is 1. The van der Waals surface area contributed by atoms with Gasteiger partial charge in [-0.3, -0.25) is 4.98 Å². The van der Waals surface area contributed by atoms with Crippen LogP contribution in [0.3, 0.4) is 0 Å². The summed E-state index contributed by atoms with van der Waals surface area (Å²) in [4.78, 5) is 16.0. The van der Waals surface area contributed by atoms with Crippen LogP contribution in [0.1, 0.15) is 32.0 Å². The van der Waals surface area contributed by atoms with Gasteiger partial charge in [0.25, 0.3) is 0 Å². The molecule has 0 radical (unpaired) electrons. The second-order valence-electron chi connectivity index (χ2n) is 6.65. The molecule has 1 aromatic rings. The van der Waals surface area contributed by atoms with Crippen molar-refractivity contribution in [1.82, 2.24) is 10.3 Å². The van der Waals surface area contributed by atoms with E-state index in [1.165, 1.54) is 0 Å². The first kappa shape index (κ1) is 17.9. The molecule has 0 bridgehead atoms. The van der Waals surface area contributed by atoms with Crippen molar-refractivity contribution in [1.29, 1.82) is 0 Å². The SMILES string of the molecule is CC(C)(C)OC(=O)NC1C=CC=C(Cc2ccc(CO)nc2)C=C1. The van der Waals surface area contributed by atoms with Crippen LogP contribution in [0.25, 0.3) is 0 Å². The number of hydrogen-bond acceptors (Lipinski definition) is 4. The van der Waals surface area contributed by atoms with E-state index in [0.29, 0.717) is 5.69 Å². The number of allylic oxidation sites excluding steroid dienone is 4. The molecule has 5 nitrogen and oxygen atoms in total. The van der Waals surface area contributed by atoms with Crippen LogP contribution >= 0.6 is 0 Å². The highest BCUT2D eigenvalue weighted by Crippen LogP contribution is 2.13. The van der Waals surface area contributed by atoms with Crippen molar-refractivity contribution in [3.63, 3.8) is 0 Å². The topological polar surface area (TPSA) is 71.5 Å². The summed E-state index contributed by atoms with van der Waals surface area (Å²) in [7, 11) is 0. The summed E-state index contributed by atoms with van der Waals surface area (Å²) >= 11 is 0. The standard InChI is InChI=1S/C19H24N2O3/c1-19(2,3)24-18(23)21-16-6-4-5-14(7-9-16)11-15-8-10-17(13-22)20-12-15/h4-10,12,16,22H,11,13H2,1-3H3,(H,21,23). The number of carbonyl (C=O) groups is 1. The summed E-state index contributed by atoms with van der Waals surface area (Å²) in [5.41, 5.74) is 2.32. The fraction of sp³-hybridized carbons (Fsp3) is 0.368. The molecule has 0 aromatic carbocycles. The van der Waals surface area contributed by atoms with Crippen LogP contribution in [-0.2, 0) is 17.8 Å². The van der Waals surface area contributed by atoms with Crippen LogP contribution in [0, 0.1) is 0 Å². The molecule has 0 spiro atoms. The Labute approximate surface area is 142 Å². The first-order valence-electron chi connectivity index (χ1n) is 7.95. The number of nitrogens with zero attached hydrogens (tertiary/aromatic N) is 1. The summed E-state index contributed by atoms with van der Waals surface area (Å²) < 4.78 is 5.26. The molecule has 5 heteroatoms. The Kier molecular flexibility index (Phi) is 5.93. The van der Waals surface area contributed by atoms with Gasteiger partial charge in [-0.1, -0.05) is 36.4 Å². The van der Waals surface area contributed by atoms with Crippen LogP contribution in [0.15, 0.2) is 54.3 Å². The van der Waals surface area contributed by atoms with Crippen LogP contribution in [0.5, 0.6) is 0 Å². The Bertz CT molecular complexity index is 652. The second-order valence-corrected chi connectivity index (χ2v) is 6.65. The number of aromatic nitrogens is 1. The molecule has 1 aromatic heterocycles. The Balaban J connectivity index is 1.93. The fourth-order valence-electron chi connectivity index (χ4n) is 2.19. The quantitative estimate of drug-likeness (QED) is 0.891. The fourth-order valence-corrected chi connectivity index (χ4v) is 2.19. The molecule has 2 N–H and O–H groups in total. The van der Waals surface area contributed by atoms with Crippen molar-refractivity contribution < 1.29 is 14.6 Å². The van der Waals surface area contributed by atoms with Gasteiger partial charge in [-0.2, -0.15) is 0 Å². The normalized spacial score (nSPS) is 17.2. The first-order valence-corrected chi connectivity index (χ1v) is 7.95. The van der Waals surface area contributed by atoms with E-state index in [0.717, 1.165) is 17.6 Å². The van der Waals surface area contributed by atoms with E-state index in [-0.39, 0.29) is 12.6 Å². The molecule has 128 valence electrons. The van der Waals surface area contributed by atoms with Crippen molar-refractivity contribution in [2.45, 2.75) is 45.4 Å². The largest absolute Gasteiger partial charge is 0.444 e. The molecule has 1 aliphatic carbocycles. The molecule has 0 saturated carbocycles. The van der Waals surface area contributed by atoms with Crippen LogP contribution < -0.4 is 5.32 Å². The van der Waals surface area contributed by atoms with E-state index in [4.69, 9.17) is 9.84 Å². The van der Waals surface area contributed by atoms with E-state index in [1.807, 2.05) is 63.3 Å². The van der Waals surface area contributed by atoms with Crippen molar-refractivity contribution in [2.75, 3.05) is 0 Å². The van der Waals surface area contributed by atoms with Gasteiger partial charge in [-0.05, 0) is 44.4 Å². The minimum absolute atomic E-state index is 0.0520. The predicted molar refractivity (Wildman–Crippen MR) is 93.4 cm³/mol. The second kappa shape index (κ2) is 7.93. The zero-order valence-electron chi connectivity index (χ0n) is 14.3. The van der Waals surface area contributed by atoms with Crippen LogP contribution in [0.2, 0.25) is 0 Å². The smallest absolute Gasteiger partial charge is 0.408 e. The highest BCUT2D eigenvalue weighted by molar-refractivity contribution is 5.69. The molecule has 24 heavy (non-hydrogen) atoms. The summed E-state index contributed by atoms with van der Waals surface area (Å²) in [6.07, 6.45) is 11.8. The summed E-state index contributed by atoms with van der Waals surface area (Å²) in [6, 6.07) is 3.57. The van der Waals surface area contributed by atoms with Gasteiger partial charge in [0.15, 0.2) is 0 Å². The molecular formula is C19H24N2O3. The van der Waals surface area contributed by atoms with E-state index >= 15 is 0 Å². The van der Waals surface area contributed by atoms with Gasteiger partial charge < -0.3 is 15.2 Å². The maximum absolute atomic E-state index is 11.8. The van der Waals surface area contributed by atoms with Gasteiger partial charge in [0, 0.05) is 6.20 Å². The lowest BCUT2D eigenvalue weighted by atomic mass is 10.1. The van der Waals surface area contributed by atoms with Crippen molar-refractivity contribution in [3.05, 3.63) is 65.5 Å². The number of aliphatic hydroxyl groups is 1. The lowest BCUT2D eigenvalue weighted by Gasteiger charge is -2.21. The van der Waals surface area contributed by atoms with Crippen LogP contribution in [-0.4, -0.2) is 27.8 Å². The van der Waals surface area contributed by atoms with Gasteiger partial charge in [-0.15, -0.1) is 0 Å². The Morgan fingerprint density at radius 1 is 1.33 bits per heavy atom. The van der Waals surface area contributed by atoms with Gasteiger partial charge >= 0.3 is 6.09 Å². The highest BCUT2D eigenvalue weighted by Gasteiger charge is 2.17. The number of alkyl carbamates (subject to hydrolysis) is 1. The molecule has 1 heterocycles. The Hall–Kier alpha value is -2.40. The van der Waals surface area contributed by atoms with Gasteiger partial charge in [-0.25, -0.2) is 4.79 Å². The minimum atomic E-state index is -0.515. The summed E-state index contributed by atoms with van der Waals surface area (Å²) in [5.74, 6) is 0. The third-order valence-electron chi connectivity index (χ3n) is 3.29. The Morgan fingerprint density at radius 2 is 2.12 bits per heavy atom. The van der Waals surface area contributed by atoms with Gasteiger partial charge in [0.1, 0.15) is 5.60 Å². The molecule has 2 rings (SSSR count). The van der Waals surface area contributed by atoms with E-state index in [1.54, 1.807) is 6.20 Å². The van der Waals surface area contributed by atoms with Crippen molar-refractivity contribution >= 4 is 6.09 Å². The van der Waals surface area contributed by atoms with Crippen LogP contribution in [0.4, 0.5) is 4.79 Å². The zero-order valence-corrected chi connectivity index (χ0v) is 14.3. The number of nitrogens with one attached hydrogen (secondary N) is 1. The Morgan fingerprint density at radius 3 is 2.75 bits per heavy atom. The number of amides is 1. The monoisotopic (exact) mass is 328 g/mol. The average Bonchev–Trinajstić information content (AvgIpc) is 2.71. The molecule has 1 unspecified atom stereocenters. The zero-order chi connectivity index (χ0) is 17.6. The van der Waals surface area contributed by atoms with Crippen molar-refractivity contribution in [3.8, 4) is 0 Å². The average molecular weight is 328 g/mol. The third kappa shape index (κ3) is 6.01. The number of pyridine rings is 1. The van der Waals surface area contributed by atoms with E-state index in [9.17, 15) is 4.79 Å². The number of aliphatic hydroxyl groups excluding tert-OH is 1. The number of hydrogen-bond donors (Lipinski definition) is 2. The lowest BCUT2D eigenvalue weighted by Crippen LogP contribution is -2.37. The number of carbonyl (C=O) groups excluding carboxylic acids is 1. The van der Waals surface area contributed by atoms with Gasteiger partial charge in [0.05, 0.1) is 18.3 Å². The molecule has 0 saturated heterocycles. The molecule has 0 fully saturated rings. The molecule has 1 aliphatic rings. The predicted octanol–water partition coefficient (Wildman–Crippen LogP) is 3.06. The molecule has 0 aliphatic heterocycles. The van der Waals surface area contributed by atoms with Gasteiger partial charge in [0.2, 0.25) is 0 Å². The van der Waals surface area contributed by atoms with E-state index < -0.39 is 11.7 Å². The lowest BCUT2D eigenvalue weighted by molar-refractivity contribution is 0.0522. The minimum Gasteiger partial charge on any atom is -0.444 e. The third-order valence-corrected chi connectivity index (χ3v) is 3.29. The summed E-state index contributed by atoms with van der Waals surface area (Å²) in [5, 5.41) is 11.8. The van der Waals surface area contributed by atoms with Crippen molar-refractivity contribution in [2.24, 2.45) is 0 Å². The molecule has 1 amide bonds. The van der Waals surface area contributed by atoms with E-state index in [2.05, 4.69) is 10.3 Å². The number of rotatable bonds is 4. The maximum atomic E-state index is 11.8. The first-order chi connectivity index (χ1) is 11.4. The molecule has 1 atom stereocenters. The highest BCUT2D eigenvalue weighted by atomic mass is 16.6.